The minimum Gasteiger partial charge on any atom is -0.378 e. The Hall–Kier alpha value is -1.54. The number of thioether (sulfide) groups is 1. The molecule has 0 radical (unpaired) electrons. The van der Waals surface area contributed by atoms with Crippen molar-refractivity contribution < 1.29 is 0 Å². The highest BCUT2D eigenvalue weighted by atomic mass is 127. The number of hydrogen-bond donors (Lipinski definition) is 1. The Morgan fingerprint density at radius 2 is 1.70 bits per heavy atom. The maximum absolute atomic E-state index is 4.55. The van der Waals surface area contributed by atoms with Gasteiger partial charge in [0.25, 0.3) is 0 Å². The molecule has 1 fully saturated rings. The van der Waals surface area contributed by atoms with Crippen molar-refractivity contribution >= 4 is 40.0 Å². The highest BCUT2D eigenvalue weighted by Crippen LogP contribution is 2.34. The van der Waals surface area contributed by atoms with Gasteiger partial charge in [0.05, 0.1) is 6.54 Å². The third-order valence-electron chi connectivity index (χ3n) is 4.83. The predicted molar refractivity (Wildman–Crippen MR) is 121 cm³/mol. The fourth-order valence-electron chi connectivity index (χ4n) is 3.41. The van der Waals surface area contributed by atoms with Gasteiger partial charge in [-0.05, 0) is 71.8 Å². The van der Waals surface area contributed by atoms with Crippen molar-refractivity contribution in [3.05, 3.63) is 64.0 Å². The summed E-state index contributed by atoms with van der Waals surface area (Å²) in [5, 5.41) is 14.2. The van der Waals surface area contributed by atoms with Crippen LogP contribution in [0, 0.1) is 3.57 Å². The summed E-state index contributed by atoms with van der Waals surface area (Å²) in [4.78, 5) is 0. The number of nitrogens with one attached hydrogen (secondary N) is 1. The van der Waals surface area contributed by atoms with E-state index < -0.39 is 0 Å². The first-order chi connectivity index (χ1) is 13.3. The fourth-order valence-corrected chi connectivity index (χ4v) is 5.04. The van der Waals surface area contributed by atoms with E-state index in [0.29, 0.717) is 11.8 Å². The molecular weight excluding hydrogens is 467 g/mol. The van der Waals surface area contributed by atoms with E-state index in [1.165, 1.54) is 35.7 Å². The van der Waals surface area contributed by atoms with Crippen molar-refractivity contribution in [2.24, 2.45) is 0 Å². The van der Waals surface area contributed by atoms with Crippen LogP contribution in [0.3, 0.4) is 0 Å². The molecule has 0 saturated heterocycles. The van der Waals surface area contributed by atoms with E-state index in [2.05, 4.69) is 91.2 Å². The van der Waals surface area contributed by atoms with Crippen molar-refractivity contribution in [1.29, 1.82) is 0 Å². The van der Waals surface area contributed by atoms with Gasteiger partial charge in [-0.2, -0.15) is 0 Å². The second-order valence-electron chi connectivity index (χ2n) is 6.81. The van der Waals surface area contributed by atoms with Crippen LogP contribution in [0.25, 0.3) is 5.69 Å². The number of rotatable bonds is 6. The number of nitrogens with zero attached hydrogens (tertiary/aromatic N) is 3. The smallest absolute Gasteiger partial charge is 0.196 e. The van der Waals surface area contributed by atoms with E-state index in [9.17, 15) is 0 Å². The molecule has 0 amide bonds. The van der Waals surface area contributed by atoms with E-state index >= 15 is 0 Å². The molecule has 0 atom stereocenters. The van der Waals surface area contributed by atoms with E-state index in [1.54, 1.807) is 0 Å². The van der Waals surface area contributed by atoms with Gasteiger partial charge in [-0.1, -0.05) is 49.2 Å². The highest BCUT2D eigenvalue weighted by Gasteiger charge is 2.20. The molecule has 1 saturated carbocycles. The second kappa shape index (κ2) is 9.10. The molecule has 0 bridgehead atoms. The number of para-hydroxylation sites is 1. The van der Waals surface area contributed by atoms with Gasteiger partial charge in [0.15, 0.2) is 11.0 Å². The monoisotopic (exact) mass is 490 g/mol. The molecule has 0 spiro atoms. The van der Waals surface area contributed by atoms with Gasteiger partial charge in [0.2, 0.25) is 0 Å². The largest absolute Gasteiger partial charge is 0.378 e. The Balaban J connectivity index is 1.57. The van der Waals surface area contributed by atoms with E-state index in [-0.39, 0.29) is 0 Å². The quantitative estimate of drug-likeness (QED) is 0.437. The molecule has 27 heavy (non-hydrogen) atoms. The predicted octanol–water partition coefficient (Wildman–Crippen LogP) is 5.91. The number of halogens is 1. The summed E-state index contributed by atoms with van der Waals surface area (Å²) in [6.45, 7) is 0.647. The molecule has 6 heteroatoms. The number of hydrogen-bond acceptors (Lipinski definition) is 4. The van der Waals surface area contributed by atoms with Crippen LogP contribution in [0.4, 0.5) is 5.69 Å². The standard InChI is InChI=1S/C21H23IN4S/c22-16-11-13-17(14-12-16)23-15-20-24-25-21(27-19-9-5-2-6-10-19)26(20)18-7-3-1-4-8-18/h1,3-4,7-8,11-14,19,23H,2,5-6,9-10,15H2. The van der Waals surface area contributed by atoms with Crippen molar-refractivity contribution in [2.45, 2.75) is 49.1 Å². The van der Waals surface area contributed by atoms with Gasteiger partial charge in [-0.25, -0.2) is 0 Å². The molecule has 1 aromatic heterocycles. The summed E-state index contributed by atoms with van der Waals surface area (Å²) in [5.74, 6) is 0.943. The number of aromatic nitrogens is 3. The van der Waals surface area contributed by atoms with Crippen LogP contribution in [0.15, 0.2) is 59.8 Å². The van der Waals surface area contributed by atoms with Crippen LogP contribution in [0.1, 0.15) is 37.9 Å². The maximum Gasteiger partial charge on any atom is 0.196 e. The van der Waals surface area contributed by atoms with Gasteiger partial charge < -0.3 is 5.32 Å². The molecule has 1 N–H and O–H groups in total. The van der Waals surface area contributed by atoms with E-state index in [4.69, 9.17) is 0 Å². The van der Waals surface area contributed by atoms with Crippen molar-refractivity contribution in [1.82, 2.24) is 14.8 Å². The van der Waals surface area contributed by atoms with Gasteiger partial charge in [-0.15, -0.1) is 10.2 Å². The Morgan fingerprint density at radius 3 is 2.44 bits per heavy atom. The Kier molecular flexibility index (Phi) is 6.34. The summed E-state index contributed by atoms with van der Waals surface area (Å²) in [6.07, 6.45) is 6.59. The van der Waals surface area contributed by atoms with E-state index in [0.717, 1.165) is 22.4 Å². The minimum atomic E-state index is 0.647. The highest BCUT2D eigenvalue weighted by molar-refractivity contribution is 14.1. The summed E-state index contributed by atoms with van der Waals surface area (Å²) in [7, 11) is 0. The van der Waals surface area contributed by atoms with E-state index in [1.807, 2.05) is 17.8 Å². The lowest BCUT2D eigenvalue weighted by atomic mass is 10.0. The van der Waals surface area contributed by atoms with Crippen molar-refractivity contribution in [3.8, 4) is 5.69 Å². The average Bonchev–Trinajstić information content (AvgIpc) is 3.11. The van der Waals surface area contributed by atoms with Gasteiger partial charge in [-0.3, -0.25) is 4.57 Å². The van der Waals surface area contributed by atoms with Crippen LogP contribution < -0.4 is 5.32 Å². The zero-order chi connectivity index (χ0) is 18.5. The molecule has 1 aliphatic carbocycles. The molecule has 1 aliphatic rings. The molecule has 2 aromatic carbocycles. The fraction of sp³-hybridized carbons (Fsp3) is 0.333. The van der Waals surface area contributed by atoms with Gasteiger partial charge >= 0.3 is 0 Å². The normalized spacial score (nSPS) is 15.0. The zero-order valence-corrected chi connectivity index (χ0v) is 18.1. The molecule has 4 rings (SSSR count). The van der Waals surface area contributed by atoms with Crippen LogP contribution in [0.5, 0.6) is 0 Å². The molecule has 0 aliphatic heterocycles. The third kappa shape index (κ3) is 4.85. The number of benzene rings is 2. The van der Waals surface area contributed by atoms with Crippen LogP contribution in [-0.2, 0) is 6.54 Å². The lowest BCUT2D eigenvalue weighted by Gasteiger charge is -2.21. The summed E-state index contributed by atoms with van der Waals surface area (Å²) in [5.41, 5.74) is 2.22. The summed E-state index contributed by atoms with van der Waals surface area (Å²) < 4.78 is 3.44. The lowest BCUT2D eigenvalue weighted by molar-refractivity contribution is 0.515. The maximum atomic E-state index is 4.55. The lowest BCUT2D eigenvalue weighted by Crippen LogP contribution is -2.11. The van der Waals surface area contributed by atoms with Crippen LogP contribution >= 0.6 is 34.4 Å². The first-order valence-electron chi connectivity index (χ1n) is 9.45. The molecule has 3 aromatic rings. The SMILES string of the molecule is Ic1ccc(NCc2nnc(SC3CCCCC3)n2-c2ccccc2)cc1. The van der Waals surface area contributed by atoms with Gasteiger partial charge in [0.1, 0.15) is 0 Å². The minimum absolute atomic E-state index is 0.647. The first kappa shape index (κ1) is 18.8. The Bertz CT molecular complexity index is 858. The zero-order valence-electron chi connectivity index (χ0n) is 15.1. The van der Waals surface area contributed by atoms with Crippen LogP contribution in [-0.4, -0.2) is 20.0 Å². The van der Waals surface area contributed by atoms with Crippen molar-refractivity contribution in [3.63, 3.8) is 0 Å². The first-order valence-corrected chi connectivity index (χ1v) is 11.4. The summed E-state index contributed by atoms with van der Waals surface area (Å²) >= 11 is 4.21. The third-order valence-corrected chi connectivity index (χ3v) is 6.83. The number of anilines is 1. The average molecular weight is 490 g/mol. The second-order valence-corrected chi connectivity index (χ2v) is 9.32. The summed E-state index contributed by atoms with van der Waals surface area (Å²) in [6, 6.07) is 18.9. The molecular formula is C21H23IN4S. The Morgan fingerprint density at radius 1 is 0.963 bits per heavy atom. The molecule has 0 unspecified atom stereocenters. The Labute approximate surface area is 178 Å². The topological polar surface area (TPSA) is 42.7 Å². The van der Waals surface area contributed by atoms with Crippen LogP contribution in [0.2, 0.25) is 0 Å². The van der Waals surface area contributed by atoms with Crippen molar-refractivity contribution in [2.75, 3.05) is 5.32 Å². The molecule has 140 valence electrons. The molecule has 4 nitrogen and oxygen atoms in total. The molecule has 1 heterocycles. The van der Waals surface area contributed by atoms with Gasteiger partial charge in [0, 0.05) is 20.2 Å².